The first kappa shape index (κ1) is 8.70. The molecule has 3 nitrogen and oxygen atoms in total. The van der Waals surface area contributed by atoms with Gasteiger partial charge in [-0.3, -0.25) is 0 Å². The van der Waals surface area contributed by atoms with Crippen molar-refractivity contribution in [3.05, 3.63) is 20.8 Å². The Morgan fingerprint density at radius 3 is 2.64 bits per heavy atom. The third-order valence-corrected chi connectivity index (χ3v) is 2.92. The highest BCUT2D eigenvalue weighted by molar-refractivity contribution is 9.10. The van der Waals surface area contributed by atoms with Gasteiger partial charge in [0.1, 0.15) is 0 Å². The lowest BCUT2D eigenvalue weighted by molar-refractivity contribution is -0.146. The normalized spacial score (nSPS) is 12.9. The Kier molecular flexibility index (Phi) is 2.64. The van der Waals surface area contributed by atoms with Crippen LogP contribution in [0.25, 0.3) is 0 Å². The van der Waals surface area contributed by atoms with Crippen LogP contribution in [-0.2, 0) is 4.79 Å². The fraction of sp³-hybridized carbons (Fsp3) is 0.167. The number of carboxylic acid groups (broad SMARTS) is 1. The third-order valence-electron chi connectivity index (χ3n) is 1.17. The number of aliphatic hydroxyl groups excluding tert-OH is 1. The Bertz CT molecular complexity index is 271. The second-order valence-electron chi connectivity index (χ2n) is 1.92. The third kappa shape index (κ3) is 1.79. The van der Waals surface area contributed by atoms with Crippen molar-refractivity contribution < 1.29 is 15.0 Å². The van der Waals surface area contributed by atoms with Gasteiger partial charge in [-0.15, -0.1) is 0 Å². The Hall–Kier alpha value is -0.390. The maximum absolute atomic E-state index is 10.3. The van der Waals surface area contributed by atoms with Gasteiger partial charge in [0.05, 0.1) is 0 Å². The van der Waals surface area contributed by atoms with Crippen molar-refractivity contribution in [2.24, 2.45) is 0 Å². The SMILES string of the molecule is O=C(O)C(O)c1cscc1Br. The van der Waals surface area contributed by atoms with E-state index in [1.165, 1.54) is 11.3 Å². The molecule has 60 valence electrons. The van der Waals surface area contributed by atoms with E-state index in [1.54, 1.807) is 10.8 Å². The van der Waals surface area contributed by atoms with Crippen LogP contribution >= 0.6 is 27.3 Å². The summed E-state index contributed by atoms with van der Waals surface area (Å²) in [5.41, 5.74) is 0.405. The molecule has 0 bridgehead atoms. The molecule has 1 atom stereocenters. The predicted molar refractivity (Wildman–Crippen MR) is 44.6 cm³/mol. The molecule has 0 saturated heterocycles. The number of aliphatic carboxylic acids is 1. The van der Waals surface area contributed by atoms with Crippen molar-refractivity contribution in [2.45, 2.75) is 6.10 Å². The van der Waals surface area contributed by atoms with E-state index in [-0.39, 0.29) is 0 Å². The first-order chi connectivity index (χ1) is 5.13. The molecule has 1 heterocycles. The van der Waals surface area contributed by atoms with Crippen LogP contribution in [0.4, 0.5) is 0 Å². The molecule has 0 aromatic carbocycles. The molecule has 0 saturated carbocycles. The molecule has 5 heteroatoms. The Balaban J connectivity index is 2.92. The minimum atomic E-state index is -1.42. The van der Waals surface area contributed by atoms with Gasteiger partial charge < -0.3 is 10.2 Å². The number of hydrogen-bond donors (Lipinski definition) is 2. The van der Waals surface area contributed by atoms with E-state index >= 15 is 0 Å². The molecule has 1 rings (SSSR count). The number of carbonyl (C=O) groups is 1. The van der Waals surface area contributed by atoms with Crippen molar-refractivity contribution >= 4 is 33.2 Å². The maximum Gasteiger partial charge on any atom is 0.337 e. The molecule has 1 aromatic rings. The zero-order valence-corrected chi connectivity index (χ0v) is 7.72. The van der Waals surface area contributed by atoms with Crippen molar-refractivity contribution in [2.75, 3.05) is 0 Å². The summed E-state index contributed by atoms with van der Waals surface area (Å²) in [6, 6.07) is 0. The van der Waals surface area contributed by atoms with E-state index in [9.17, 15) is 4.79 Å². The van der Waals surface area contributed by atoms with E-state index in [0.29, 0.717) is 10.0 Å². The van der Waals surface area contributed by atoms with Crippen LogP contribution < -0.4 is 0 Å². The summed E-state index contributed by atoms with van der Waals surface area (Å²) in [4.78, 5) is 10.3. The average molecular weight is 237 g/mol. The molecule has 0 aliphatic rings. The fourth-order valence-electron chi connectivity index (χ4n) is 0.619. The number of halogens is 1. The molecular formula is C6H5BrO3S. The van der Waals surface area contributed by atoms with E-state index in [1.807, 2.05) is 0 Å². The summed E-state index contributed by atoms with van der Waals surface area (Å²) >= 11 is 4.46. The van der Waals surface area contributed by atoms with Crippen LogP contribution in [0.2, 0.25) is 0 Å². The second kappa shape index (κ2) is 3.34. The molecule has 2 N–H and O–H groups in total. The second-order valence-corrected chi connectivity index (χ2v) is 3.51. The summed E-state index contributed by atoms with van der Waals surface area (Å²) in [7, 11) is 0. The Morgan fingerprint density at radius 1 is 1.64 bits per heavy atom. The highest BCUT2D eigenvalue weighted by Crippen LogP contribution is 2.27. The Labute approximate surface area is 75.4 Å². The number of hydrogen-bond acceptors (Lipinski definition) is 3. The highest BCUT2D eigenvalue weighted by Gasteiger charge is 2.18. The number of thiophene rings is 1. The van der Waals surface area contributed by atoms with E-state index in [4.69, 9.17) is 10.2 Å². The lowest BCUT2D eigenvalue weighted by Gasteiger charge is -2.01. The lowest BCUT2D eigenvalue weighted by Crippen LogP contribution is -2.09. The van der Waals surface area contributed by atoms with Crippen LogP contribution in [0.15, 0.2) is 15.2 Å². The summed E-state index contributed by atoms with van der Waals surface area (Å²) in [6.07, 6.45) is -1.42. The predicted octanol–water partition coefficient (Wildman–Crippen LogP) is 1.63. The maximum atomic E-state index is 10.3. The van der Waals surface area contributed by atoms with Gasteiger partial charge in [0, 0.05) is 15.4 Å². The first-order valence-electron chi connectivity index (χ1n) is 2.75. The molecule has 0 radical (unpaired) electrons. The molecule has 0 spiro atoms. The topological polar surface area (TPSA) is 57.5 Å². The monoisotopic (exact) mass is 236 g/mol. The summed E-state index contributed by atoms with van der Waals surface area (Å²) in [5, 5.41) is 20.8. The minimum absolute atomic E-state index is 0.405. The number of carboxylic acids is 1. The molecule has 11 heavy (non-hydrogen) atoms. The molecular weight excluding hydrogens is 232 g/mol. The molecule has 0 amide bonds. The largest absolute Gasteiger partial charge is 0.479 e. The standard InChI is InChI=1S/C6H5BrO3S/c7-4-2-11-1-3(4)5(8)6(9)10/h1-2,5,8H,(H,9,10). The average Bonchev–Trinajstić information content (AvgIpc) is 2.33. The van der Waals surface area contributed by atoms with Crippen LogP contribution in [0.3, 0.4) is 0 Å². The molecule has 0 fully saturated rings. The van der Waals surface area contributed by atoms with Gasteiger partial charge in [-0.05, 0) is 21.3 Å². The van der Waals surface area contributed by atoms with Gasteiger partial charge in [0.25, 0.3) is 0 Å². The quantitative estimate of drug-likeness (QED) is 0.821. The van der Waals surface area contributed by atoms with Crippen molar-refractivity contribution in [1.82, 2.24) is 0 Å². The molecule has 1 aromatic heterocycles. The van der Waals surface area contributed by atoms with E-state index in [0.717, 1.165) is 0 Å². The molecule has 1 unspecified atom stereocenters. The number of aliphatic hydroxyl groups is 1. The van der Waals surface area contributed by atoms with E-state index in [2.05, 4.69) is 15.9 Å². The minimum Gasteiger partial charge on any atom is -0.479 e. The van der Waals surface area contributed by atoms with Gasteiger partial charge in [0.15, 0.2) is 6.10 Å². The molecule has 0 aliphatic heterocycles. The molecule has 0 aliphatic carbocycles. The lowest BCUT2D eigenvalue weighted by atomic mass is 10.2. The zero-order chi connectivity index (χ0) is 8.43. The highest BCUT2D eigenvalue weighted by atomic mass is 79.9. The van der Waals surface area contributed by atoms with Gasteiger partial charge in [0.2, 0.25) is 0 Å². The summed E-state index contributed by atoms with van der Waals surface area (Å²) in [5.74, 6) is -1.23. The van der Waals surface area contributed by atoms with Gasteiger partial charge in [-0.25, -0.2) is 4.79 Å². The summed E-state index contributed by atoms with van der Waals surface area (Å²) in [6.45, 7) is 0. The van der Waals surface area contributed by atoms with Crippen molar-refractivity contribution in [3.8, 4) is 0 Å². The Morgan fingerprint density at radius 2 is 2.27 bits per heavy atom. The van der Waals surface area contributed by atoms with E-state index < -0.39 is 12.1 Å². The fourth-order valence-corrected chi connectivity index (χ4v) is 2.15. The van der Waals surface area contributed by atoms with Crippen molar-refractivity contribution in [3.63, 3.8) is 0 Å². The van der Waals surface area contributed by atoms with Gasteiger partial charge >= 0.3 is 5.97 Å². The van der Waals surface area contributed by atoms with Gasteiger partial charge in [-0.1, -0.05) is 0 Å². The van der Waals surface area contributed by atoms with Crippen LogP contribution in [0.5, 0.6) is 0 Å². The zero-order valence-electron chi connectivity index (χ0n) is 5.32. The van der Waals surface area contributed by atoms with Gasteiger partial charge in [-0.2, -0.15) is 11.3 Å². The number of rotatable bonds is 2. The smallest absolute Gasteiger partial charge is 0.337 e. The van der Waals surface area contributed by atoms with Crippen LogP contribution in [-0.4, -0.2) is 16.2 Å². The first-order valence-corrected chi connectivity index (χ1v) is 4.49. The van der Waals surface area contributed by atoms with Crippen LogP contribution in [0, 0.1) is 0 Å². The van der Waals surface area contributed by atoms with Crippen LogP contribution in [0.1, 0.15) is 11.7 Å². The van der Waals surface area contributed by atoms with Crippen molar-refractivity contribution in [1.29, 1.82) is 0 Å². The summed E-state index contributed by atoms with van der Waals surface area (Å²) < 4.78 is 0.636.